The van der Waals surface area contributed by atoms with Crippen molar-refractivity contribution in [2.24, 2.45) is 5.92 Å². The van der Waals surface area contributed by atoms with Gasteiger partial charge in [-0.3, -0.25) is 0 Å². The first kappa shape index (κ1) is 9.09. The lowest BCUT2D eigenvalue weighted by atomic mass is 10.1. The van der Waals surface area contributed by atoms with Crippen LogP contribution in [-0.2, 0) is 0 Å². The summed E-state index contributed by atoms with van der Waals surface area (Å²) in [5.74, 6) is 1.70. The molecule has 1 aromatic heterocycles. The third-order valence-corrected chi connectivity index (χ3v) is 3.47. The van der Waals surface area contributed by atoms with Crippen LogP contribution in [0.2, 0.25) is 0 Å². The Bertz CT molecular complexity index is 348. The Labute approximate surface area is 89.7 Å². The molecular weight excluding hydrogens is 188 g/mol. The first-order valence-corrected chi connectivity index (χ1v) is 5.60. The van der Waals surface area contributed by atoms with E-state index < -0.39 is 0 Å². The molecule has 2 saturated heterocycles. The number of nitrogens with zero attached hydrogens (tertiary/aromatic N) is 3. The summed E-state index contributed by atoms with van der Waals surface area (Å²) in [6, 6.07) is 0.618. The number of aryl methyl sites for hydroxylation is 1. The maximum absolute atomic E-state index is 4.41. The van der Waals surface area contributed by atoms with Gasteiger partial charge in [0, 0.05) is 38.1 Å². The highest BCUT2D eigenvalue weighted by atomic mass is 15.3. The average Bonchev–Trinajstić information content (AvgIpc) is 2.80. The van der Waals surface area contributed by atoms with Gasteiger partial charge in [0.1, 0.15) is 0 Å². The summed E-state index contributed by atoms with van der Waals surface area (Å²) < 4.78 is 0. The number of nitrogens with one attached hydrogen (secondary N) is 1. The van der Waals surface area contributed by atoms with Gasteiger partial charge < -0.3 is 10.2 Å². The van der Waals surface area contributed by atoms with E-state index in [9.17, 15) is 0 Å². The second-order valence-corrected chi connectivity index (χ2v) is 4.53. The number of hydrogen-bond donors (Lipinski definition) is 1. The first-order chi connectivity index (χ1) is 7.34. The fourth-order valence-corrected chi connectivity index (χ4v) is 2.63. The van der Waals surface area contributed by atoms with E-state index in [1.54, 1.807) is 0 Å². The highest BCUT2D eigenvalue weighted by molar-refractivity contribution is 5.35. The number of anilines is 1. The SMILES string of the molecule is Cc1cnc(N2CC[C@H]3CNC[C@H]32)nc1. The van der Waals surface area contributed by atoms with Crippen molar-refractivity contribution in [3.63, 3.8) is 0 Å². The van der Waals surface area contributed by atoms with Crippen molar-refractivity contribution < 1.29 is 0 Å². The maximum Gasteiger partial charge on any atom is 0.225 e. The maximum atomic E-state index is 4.41. The molecule has 15 heavy (non-hydrogen) atoms. The summed E-state index contributed by atoms with van der Waals surface area (Å²) >= 11 is 0. The summed E-state index contributed by atoms with van der Waals surface area (Å²) in [4.78, 5) is 11.2. The molecule has 1 N–H and O–H groups in total. The lowest BCUT2D eigenvalue weighted by Gasteiger charge is -2.22. The molecule has 0 radical (unpaired) electrons. The van der Waals surface area contributed by atoms with Crippen LogP contribution in [0.25, 0.3) is 0 Å². The van der Waals surface area contributed by atoms with Crippen molar-refractivity contribution in [2.45, 2.75) is 19.4 Å². The van der Waals surface area contributed by atoms with Gasteiger partial charge in [0.15, 0.2) is 0 Å². The Hall–Kier alpha value is -1.16. The molecule has 0 aromatic carbocycles. The van der Waals surface area contributed by atoms with E-state index in [4.69, 9.17) is 0 Å². The normalized spacial score (nSPS) is 29.5. The Kier molecular flexibility index (Phi) is 2.09. The third-order valence-electron chi connectivity index (χ3n) is 3.47. The van der Waals surface area contributed by atoms with Gasteiger partial charge in [-0.05, 0) is 24.8 Å². The van der Waals surface area contributed by atoms with Crippen molar-refractivity contribution in [3.8, 4) is 0 Å². The van der Waals surface area contributed by atoms with Crippen molar-refractivity contribution in [2.75, 3.05) is 24.5 Å². The molecule has 3 rings (SSSR count). The summed E-state index contributed by atoms with van der Waals surface area (Å²) in [6.07, 6.45) is 5.07. The molecule has 2 atom stereocenters. The van der Waals surface area contributed by atoms with Gasteiger partial charge >= 0.3 is 0 Å². The van der Waals surface area contributed by atoms with E-state index in [1.807, 2.05) is 19.3 Å². The van der Waals surface area contributed by atoms with E-state index in [0.717, 1.165) is 37.1 Å². The summed E-state index contributed by atoms with van der Waals surface area (Å²) in [5.41, 5.74) is 1.12. The van der Waals surface area contributed by atoms with Crippen molar-refractivity contribution >= 4 is 5.95 Å². The van der Waals surface area contributed by atoms with Crippen LogP contribution in [0.3, 0.4) is 0 Å². The van der Waals surface area contributed by atoms with E-state index in [2.05, 4.69) is 20.2 Å². The van der Waals surface area contributed by atoms with Crippen LogP contribution < -0.4 is 10.2 Å². The first-order valence-electron chi connectivity index (χ1n) is 5.60. The monoisotopic (exact) mass is 204 g/mol. The Morgan fingerprint density at radius 1 is 1.33 bits per heavy atom. The number of hydrogen-bond acceptors (Lipinski definition) is 4. The predicted octanol–water partition coefficient (Wildman–Crippen LogP) is 0.583. The largest absolute Gasteiger partial charge is 0.336 e. The molecular formula is C11H16N4. The smallest absolute Gasteiger partial charge is 0.225 e. The van der Waals surface area contributed by atoms with Gasteiger partial charge in [0.2, 0.25) is 5.95 Å². The van der Waals surface area contributed by atoms with Crippen LogP contribution >= 0.6 is 0 Å². The van der Waals surface area contributed by atoms with Gasteiger partial charge in [0.05, 0.1) is 0 Å². The molecule has 0 bridgehead atoms. The quantitative estimate of drug-likeness (QED) is 0.726. The molecule has 0 amide bonds. The van der Waals surface area contributed by atoms with Gasteiger partial charge in [-0.25, -0.2) is 9.97 Å². The minimum absolute atomic E-state index is 0.618. The number of fused-ring (bicyclic) bond motifs is 1. The second-order valence-electron chi connectivity index (χ2n) is 4.53. The molecule has 2 aliphatic heterocycles. The predicted molar refractivity (Wildman–Crippen MR) is 58.9 cm³/mol. The molecule has 0 aliphatic carbocycles. The molecule has 0 spiro atoms. The highest BCUT2D eigenvalue weighted by Crippen LogP contribution is 2.29. The number of rotatable bonds is 1. The zero-order valence-corrected chi connectivity index (χ0v) is 8.98. The minimum atomic E-state index is 0.618. The van der Waals surface area contributed by atoms with E-state index >= 15 is 0 Å². The molecule has 0 saturated carbocycles. The molecule has 2 fully saturated rings. The Morgan fingerprint density at radius 2 is 2.13 bits per heavy atom. The zero-order chi connectivity index (χ0) is 10.3. The Morgan fingerprint density at radius 3 is 2.93 bits per heavy atom. The lowest BCUT2D eigenvalue weighted by Crippen LogP contribution is -2.35. The summed E-state index contributed by atoms with van der Waals surface area (Å²) in [6.45, 7) is 5.38. The fraction of sp³-hybridized carbons (Fsp3) is 0.636. The van der Waals surface area contributed by atoms with E-state index in [-0.39, 0.29) is 0 Å². The third kappa shape index (κ3) is 1.49. The minimum Gasteiger partial charge on any atom is -0.336 e. The Balaban J connectivity index is 1.85. The summed E-state index contributed by atoms with van der Waals surface area (Å²) in [7, 11) is 0. The fourth-order valence-electron chi connectivity index (χ4n) is 2.63. The van der Waals surface area contributed by atoms with Gasteiger partial charge in [0.25, 0.3) is 0 Å². The zero-order valence-electron chi connectivity index (χ0n) is 8.98. The molecule has 4 nitrogen and oxygen atoms in total. The van der Waals surface area contributed by atoms with Crippen LogP contribution in [-0.4, -0.2) is 35.6 Å². The van der Waals surface area contributed by atoms with Crippen LogP contribution in [0.4, 0.5) is 5.95 Å². The van der Waals surface area contributed by atoms with Gasteiger partial charge in [-0.2, -0.15) is 0 Å². The van der Waals surface area contributed by atoms with Gasteiger partial charge in [-0.1, -0.05) is 0 Å². The molecule has 4 heteroatoms. The second kappa shape index (κ2) is 3.45. The number of aromatic nitrogens is 2. The van der Waals surface area contributed by atoms with Crippen LogP contribution in [0, 0.1) is 12.8 Å². The van der Waals surface area contributed by atoms with Crippen LogP contribution in [0.1, 0.15) is 12.0 Å². The van der Waals surface area contributed by atoms with E-state index in [0.29, 0.717) is 6.04 Å². The molecule has 0 unspecified atom stereocenters. The van der Waals surface area contributed by atoms with Crippen molar-refractivity contribution in [1.82, 2.24) is 15.3 Å². The van der Waals surface area contributed by atoms with Crippen molar-refractivity contribution in [1.29, 1.82) is 0 Å². The molecule has 80 valence electrons. The van der Waals surface area contributed by atoms with Crippen molar-refractivity contribution in [3.05, 3.63) is 18.0 Å². The van der Waals surface area contributed by atoms with Crippen LogP contribution in [0.5, 0.6) is 0 Å². The van der Waals surface area contributed by atoms with E-state index in [1.165, 1.54) is 6.42 Å². The van der Waals surface area contributed by atoms with Gasteiger partial charge in [-0.15, -0.1) is 0 Å². The topological polar surface area (TPSA) is 41.1 Å². The highest BCUT2D eigenvalue weighted by Gasteiger charge is 2.38. The standard InChI is InChI=1S/C11H16N4/c1-8-4-13-11(14-5-8)15-3-2-9-6-12-7-10(9)15/h4-5,9-10,12H,2-3,6-7H2,1H3/t9-,10+/m0/s1. The molecule has 1 aromatic rings. The molecule has 2 aliphatic rings. The average molecular weight is 204 g/mol. The summed E-state index contributed by atoms with van der Waals surface area (Å²) in [5, 5.41) is 3.44. The molecule has 3 heterocycles. The lowest BCUT2D eigenvalue weighted by molar-refractivity contribution is 0.576. The van der Waals surface area contributed by atoms with Crippen LogP contribution in [0.15, 0.2) is 12.4 Å².